The summed E-state index contributed by atoms with van der Waals surface area (Å²) in [5.41, 5.74) is 2.04. The molecule has 6 nitrogen and oxygen atoms in total. The molecule has 2 aromatic rings. The number of carbonyl (C=O) groups is 1. The summed E-state index contributed by atoms with van der Waals surface area (Å²) in [6.45, 7) is 4.89. The number of benzene rings is 1. The number of hydrogen-bond donors (Lipinski definition) is 2. The maximum absolute atomic E-state index is 11.9. The highest BCUT2D eigenvalue weighted by molar-refractivity contribution is 5.76. The van der Waals surface area contributed by atoms with Crippen LogP contribution in [-0.4, -0.2) is 51.8 Å². The number of imidazole rings is 1. The van der Waals surface area contributed by atoms with Crippen molar-refractivity contribution in [3.8, 4) is 0 Å². The first kappa shape index (κ1) is 15.3. The Morgan fingerprint density at radius 2 is 2.19 bits per heavy atom. The summed E-state index contributed by atoms with van der Waals surface area (Å²) >= 11 is 0. The average molecular weight is 290 g/mol. The van der Waals surface area contributed by atoms with Gasteiger partial charge in [-0.05, 0) is 26.0 Å². The van der Waals surface area contributed by atoms with Crippen LogP contribution in [0, 0.1) is 6.92 Å². The predicted molar refractivity (Wildman–Crippen MR) is 82.2 cm³/mol. The molecule has 2 rings (SSSR count). The molecule has 0 aliphatic carbocycles. The van der Waals surface area contributed by atoms with Gasteiger partial charge in [0.2, 0.25) is 0 Å². The van der Waals surface area contributed by atoms with Crippen LogP contribution >= 0.6 is 0 Å². The third kappa shape index (κ3) is 3.33. The first-order valence-corrected chi connectivity index (χ1v) is 7.08. The minimum Gasteiger partial charge on any atom is -0.394 e. The minimum absolute atomic E-state index is 0.0464. The maximum Gasteiger partial charge on any atom is 0.317 e. The summed E-state index contributed by atoms with van der Waals surface area (Å²) in [5.74, 6) is 0.933. The van der Waals surface area contributed by atoms with Gasteiger partial charge in [0.1, 0.15) is 5.82 Å². The second-order valence-electron chi connectivity index (χ2n) is 5.17. The number of fused-ring (bicyclic) bond motifs is 1. The number of likely N-dealkylation sites (N-methyl/N-ethyl adjacent to an activating group) is 1. The van der Waals surface area contributed by atoms with Gasteiger partial charge in [-0.1, -0.05) is 12.1 Å². The summed E-state index contributed by atoms with van der Waals surface area (Å²) < 4.78 is 2.09. The van der Waals surface area contributed by atoms with Gasteiger partial charge in [0.25, 0.3) is 0 Å². The molecule has 0 fully saturated rings. The van der Waals surface area contributed by atoms with Gasteiger partial charge in [0.15, 0.2) is 0 Å². The Morgan fingerprint density at radius 3 is 2.90 bits per heavy atom. The maximum atomic E-state index is 11.9. The van der Waals surface area contributed by atoms with E-state index in [1.165, 1.54) is 4.90 Å². The van der Waals surface area contributed by atoms with E-state index in [1.807, 2.05) is 31.2 Å². The third-order valence-electron chi connectivity index (χ3n) is 3.70. The van der Waals surface area contributed by atoms with Crippen LogP contribution in [0.2, 0.25) is 0 Å². The molecule has 0 aliphatic rings. The zero-order chi connectivity index (χ0) is 15.4. The molecule has 1 atom stereocenters. The fourth-order valence-electron chi connectivity index (χ4n) is 2.20. The van der Waals surface area contributed by atoms with Crippen molar-refractivity contribution in [1.29, 1.82) is 0 Å². The Kier molecular flexibility index (Phi) is 4.80. The van der Waals surface area contributed by atoms with Crippen LogP contribution in [-0.2, 0) is 6.54 Å². The van der Waals surface area contributed by atoms with Gasteiger partial charge in [-0.15, -0.1) is 0 Å². The molecule has 0 saturated heterocycles. The van der Waals surface area contributed by atoms with Gasteiger partial charge in [-0.3, -0.25) is 0 Å². The van der Waals surface area contributed by atoms with E-state index in [1.54, 1.807) is 14.0 Å². The topological polar surface area (TPSA) is 70.4 Å². The van der Waals surface area contributed by atoms with Crippen molar-refractivity contribution in [3.05, 3.63) is 30.1 Å². The quantitative estimate of drug-likeness (QED) is 0.873. The van der Waals surface area contributed by atoms with Crippen molar-refractivity contribution in [3.63, 3.8) is 0 Å². The summed E-state index contributed by atoms with van der Waals surface area (Å²) in [6.07, 6.45) is 0. The lowest BCUT2D eigenvalue weighted by Gasteiger charge is -2.23. The molecule has 1 heterocycles. The number of para-hydroxylation sites is 2. The van der Waals surface area contributed by atoms with Crippen molar-refractivity contribution in [2.24, 2.45) is 0 Å². The van der Waals surface area contributed by atoms with E-state index in [4.69, 9.17) is 5.11 Å². The third-order valence-corrected chi connectivity index (χ3v) is 3.70. The first-order chi connectivity index (χ1) is 10.0. The van der Waals surface area contributed by atoms with Crippen molar-refractivity contribution < 1.29 is 9.90 Å². The fraction of sp³-hybridized carbons (Fsp3) is 0.467. The second-order valence-corrected chi connectivity index (χ2v) is 5.17. The number of amides is 2. The summed E-state index contributed by atoms with van der Waals surface area (Å²) in [5, 5.41) is 11.9. The normalized spacial score (nSPS) is 12.4. The molecular weight excluding hydrogens is 268 g/mol. The lowest BCUT2D eigenvalue weighted by atomic mass is 10.3. The number of aromatic nitrogens is 2. The Morgan fingerprint density at radius 1 is 1.48 bits per heavy atom. The van der Waals surface area contributed by atoms with Gasteiger partial charge < -0.3 is 19.9 Å². The Labute approximate surface area is 124 Å². The van der Waals surface area contributed by atoms with Gasteiger partial charge >= 0.3 is 6.03 Å². The number of nitrogens with one attached hydrogen (secondary N) is 1. The standard InChI is InChI=1S/C15H22N4O2/c1-11(10-20)18(3)15(21)16-8-9-19-12(2)17-13-6-4-5-7-14(13)19/h4-7,11,20H,8-10H2,1-3H3,(H,16,21). The van der Waals surface area contributed by atoms with Gasteiger partial charge in [-0.2, -0.15) is 0 Å². The molecule has 0 radical (unpaired) electrons. The van der Waals surface area contributed by atoms with Crippen molar-refractivity contribution in [2.45, 2.75) is 26.4 Å². The van der Waals surface area contributed by atoms with E-state index >= 15 is 0 Å². The number of aliphatic hydroxyl groups is 1. The number of aryl methyl sites for hydroxylation is 1. The average Bonchev–Trinajstić information content (AvgIpc) is 2.81. The molecule has 6 heteroatoms. The smallest absolute Gasteiger partial charge is 0.317 e. The van der Waals surface area contributed by atoms with E-state index in [0.717, 1.165) is 16.9 Å². The highest BCUT2D eigenvalue weighted by Gasteiger charge is 2.14. The highest BCUT2D eigenvalue weighted by Crippen LogP contribution is 2.14. The van der Waals surface area contributed by atoms with Gasteiger partial charge in [-0.25, -0.2) is 9.78 Å². The molecule has 0 spiro atoms. The number of hydrogen-bond acceptors (Lipinski definition) is 3. The Balaban J connectivity index is 1.97. The molecule has 114 valence electrons. The van der Waals surface area contributed by atoms with Gasteiger partial charge in [0, 0.05) is 20.1 Å². The predicted octanol–water partition coefficient (Wildman–Crippen LogP) is 1.37. The number of carbonyl (C=O) groups excluding carboxylic acids is 1. The van der Waals surface area contributed by atoms with Crippen LogP contribution in [0.1, 0.15) is 12.7 Å². The summed E-state index contributed by atoms with van der Waals surface area (Å²) in [4.78, 5) is 17.9. The monoisotopic (exact) mass is 290 g/mol. The molecule has 2 N–H and O–H groups in total. The lowest BCUT2D eigenvalue weighted by molar-refractivity contribution is 0.157. The van der Waals surface area contributed by atoms with E-state index in [0.29, 0.717) is 13.1 Å². The molecule has 21 heavy (non-hydrogen) atoms. The van der Waals surface area contributed by atoms with Crippen LogP contribution in [0.15, 0.2) is 24.3 Å². The first-order valence-electron chi connectivity index (χ1n) is 7.08. The lowest BCUT2D eigenvalue weighted by Crippen LogP contribution is -2.44. The summed E-state index contributed by atoms with van der Waals surface area (Å²) in [7, 11) is 1.67. The van der Waals surface area contributed by atoms with E-state index < -0.39 is 0 Å². The zero-order valence-electron chi connectivity index (χ0n) is 12.7. The van der Waals surface area contributed by atoms with E-state index in [9.17, 15) is 4.79 Å². The molecule has 0 saturated carbocycles. The van der Waals surface area contributed by atoms with Crippen molar-refractivity contribution in [1.82, 2.24) is 19.8 Å². The molecule has 0 aliphatic heterocycles. The number of urea groups is 1. The number of aliphatic hydroxyl groups excluding tert-OH is 1. The molecule has 0 bridgehead atoms. The minimum atomic E-state index is -0.194. The number of rotatable bonds is 5. The van der Waals surface area contributed by atoms with Crippen LogP contribution in [0.4, 0.5) is 4.79 Å². The largest absolute Gasteiger partial charge is 0.394 e. The Hall–Kier alpha value is -2.08. The van der Waals surface area contributed by atoms with Crippen molar-refractivity contribution in [2.75, 3.05) is 20.2 Å². The number of nitrogens with zero attached hydrogens (tertiary/aromatic N) is 3. The summed E-state index contributed by atoms with van der Waals surface area (Å²) in [6, 6.07) is 7.58. The van der Waals surface area contributed by atoms with E-state index in [-0.39, 0.29) is 18.7 Å². The fourth-order valence-corrected chi connectivity index (χ4v) is 2.20. The zero-order valence-corrected chi connectivity index (χ0v) is 12.7. The molecule has 1 unspecified atom stereocenters. The van der Waals surface area contributed by atoms with Crippen LogP contribution < -0.4 is 5.32 Å². The SMILES string of the molecule is Cc1nc2ccccc2n1CCNC(=O)N(C)C(C)CO. The second kappa shape index (κ2) is 6.58. The molecule has 1 aromatic heterocycles. The van der Waals surface area contributed by atoms with Crippen LogP contribution in [0.3, 0.4) is 0 Å². The van der Waals surface area contributed by atoms with Crippen LogP contribution in [0.25, 0.3) is 11.0 Å². The highest BCUT2D eigenvalue weighted by atomic mass is 16.3. The van der Waals surface area contributed by atoms with Crippen LogP contribution in [0.5, 0.6) is 0 Å². The Bertz CT molecular complexity index is 623. The molecule has 1 aromatic carbocycles. The molecular formula is C15H22N4O2. The van der Waals surface area contributed by atoms with Crippen molar-refractivity contribution >= 4 is 17.1 Å². The molecule has 2 amide bonds. The van der Waals surface area contributed by atoms with E-state index in [2.05, 4.69) is 14.9 Å². The van der Waals surface area contributed by atoms with Gasteiger partial charge in [0.05, 0.1) is 23.7 Å².